The second-order valence-electron chi connectivity index (χ2n) is 5.87. The van der Waals surface area contributed by atoms with Crippen LogP contribution in [0, 0.1) is 5.92 Å². The Kier molecular flexibility index (Phi) is 4.73. The second kappa shape index (κ2) is 6.35. The molecule has 0 spiro atoms. The van der Waals surface area contributed by atoms with E-state index >= 15 is 0 Å². The van der Waals surface area contributed by atoms with Gasteiger partial charge in [0.15, 0.2) is 0 Å². The van der Waals surface area contributed by atoms with Gasteiger partial charge in [0.1, 0.15) is 0 Å². The quantitative estimate of drug-likeness (QED) is 0.677. The number of ether oxygens (including phenoxy) is 1. The molecule has 2 unspecified atom stereocenters. The lowest BCUT2D eigenvalue weighted by Gasteiger charge is -2.24. The molecule has 0 amide bonds. The maximum absolute atomic E-state index is 11.9. The van der Waals surface area contributed by atoms with Crippen LogP contribution in [0.2, 0.25) is 0 Å². The summed E-state index contributed by atoms with van der Waals surface area (Å²) in [6, 6.07) is 6.06. The van der Waals surface area contributed by atoms with Crippen LogP contribution < -0.4 is 10.6 Å². The Morgan fingerprint density at radius 3 is 2.71 bits per heavy atom. The van der Waals surface area contributed by atoms with Crippen molar-refractivity contribution < 1.29 is 9.53 Å². The number of carbonyl (C=O) groups is 1. The summed E-state index contributed by atoms with van der Waals surface area (Å²) in [4.78, 5) is 16.4. The van der Waals surface area contributed by atoms with Crippen LogP contribution in [0.15, 0.2) is 18.2 Å². The number of rotatable bonds is 4. The number of nitrogen functional groups attached to an aromatic ring is 1. The molecule has 0 radical (unpaired) electrons. The minimum Gasteiger partial charge on any atom is -0.462 e. The van der Waals surface area contributed by atoms with Gasteiger partial charge < -0.3 is 20.3 Å². The largest absolute Gasteiger partial charge is 0.462 e. The van der Waals surface area contributed by atoms with Gasteiger partial charge in [0.2, 0.25) is 0 Å². The smallest absolute Gasteiger partial charge is 0.340 e. The lowest BCUT2D eigenvalue weighted by Crippen LogP contribution is -2.34. The van der Waals surface area contributed by atoms with E-state index in [1.165, 1.54) is 0 Å². The molecule has 5 heteroatoms. The summed E-state index contributed by atoms with van der Waals surface area (Å²) < 4.78 is 5.06. The fraction of sp³-hybridized carbons (Fsp3) is 0.562. The molecule has 0 aromatic heterocycles. The van der Waals surface area contributed by atoms with Crippen molar-refractivity contribution in [3.8, 4) is 0 Å². The lowest BCUT2D eigenvalue weighted by atomic mass is 10.1. The topological polar surface area (TPSA) is 58.8 Å². The van der Waals surface area contributed by atoms with Crippen LogP contribution >= 0.6 is 0 Å². The van der Waals surface area contributed by atoms with Crippen LogP contribution in [0.1, 0.15) is 24.2 Å². The Bertz CT molecular complexity index is 516. The minimum absolute atomic E-state index is 0.353. The Labute approximate surface area is 126 Å². The molecular formula is C16H25N3O2. The molecule has 2 atom stereocenters. The van der Waals surface area contributed by atoms with Crippen molar-refractivity contribution in [1.82, 2.24) is 4.90 Å². The van der Waals surface area contributed by atoms with Gasteiger partial charge >= 0.3 is 5.97 Å². The predicted molar refractivity (Wildman–Crippen MR) is 85.7 cm³/mol. The van der Waals surface area contributed by atoms with E-state index in [1.807, 2.05) is 12.1 Å². The molecule has 0 saturated carbocycles. The zero-order chi connectivity index (χ0) is 15.6. The molecule has 2 rings (SSSR count). The maximum atomic E-state index is 11.9. The summed E-state index contributed by atoms with van der Waals surface area (Å²) in [5.41, 5.74) is 8.10. The number of anilines is 2. The van der Waals surface area contributed by atoms with E-state index in [0.717, 1.165) is 18.8 Å². The molecular weight excluding hydrogens is 266 g/mol. The van der Waals surface area contributed by atoms with Gasteiger partial charge in [0, 0.05) is 19.1 Å². The first-order chi connectivity index (χ1) is 9.95. The summed E-state index contributed by atoms with van der Waals surface area (Å²) in [7, 11) is 4.20. The lowest BCUT2D eigenvalue weighted by molar-refractivity contribution is 0.0527. The molecule has 1 aromatic rings. The van der Waals surface area contributed by atoms with Crippen molar-refractivity contribution in [2.45, 2.75) is 19.9 Å². The number of para-hydroxylation sites is 1. The molecule has 1 aliphatic heterocycles. The second-order valence-corrected chi connectivity index (χ2v) is 5.87. The van der Waals surface area contributed by atoms with Crippen molar-refractivity contribution in [2.75, 3.05) is 44.4 Å². The molecule has 2 N–H and O–H groups in total. The monoisotopic (exact) mass is 291 g/mol. The SMILES string of the molecule is CCOC(=O)c1cccc(N2CC(C)C(N(C)C)C2)c1N. The average Bonchev–Trinajstić information content (AvgIpc) is 2.81. The number of esters is 1. The highest BCUT2D eigenvalue weighted by atomic mass is 16.5. The standard InChI is InChI=1S/C16H25N3O2/c1-5-21-16(20)12-7-6-8-13(15(12)17)19-9-11(2)14(10-19)18(3)4/h6-8,11,14H,5,9-10,17H2,1-4H3. The van der Waals surface area contributed by atoms with Crippen LogP contribution in [0.4, 0.5) is 11.4 Å². The first kappa shape index (κ1) is 15.6. The van der Waals surface area contributed by atoms with Gasteiger partial charge in [-0.1, -0.05) is 13.0 Å². The molecule has 5 nitrogen and oxygen atoms in total. The third kappa shape index (κ3) is 3.13. The van der Waals surface area contributed by atoms with Crippen LogP contribution in [-0.4, -0.2) is 50.7 Å². The third-order valence-electron chi connectivity index (χ3n) is 4.16. The highest BCUT2D eigenvalue weighted by molar-refractivity contribution is 5.98. The molecule has 0 bridgehead atoms. The van der Waals surface area contributed by atoms with E-state index < -0.39 is 0 Å². The maximum Gasteiger partial charge on any atom is 0.340 e. The Hall–Kier alpha value is -1.75. The van der Waals surface area contributed by atoms with Gasteiger partial charge in [-0.25, -0.2) is 4.79 Å². The van der Waals surface area contributed by atoms with Crippen LogP contribution in [0.3, 0.4) is 0 Å². The molecule has 1 heterocycles. The summed E-state index contributed by atoms with van der Waals surface area (Å²) in [6.07, 6.45) is 0. The molecule has 1 fully saturated rings. The molecule has 1 saturated heterocycles. The Morgan fingerprint density at radius 1 is 1.43 bits per heavy atom. The van der Waals surface area contributed by atoms with Crippen molar-refractivity contribution in [1.29, 1.82) is 0 Å². The van der Waals surface area contributed by atoms with Gasteiger partial charge in [0.05, 0.1) is 23.5 Å². The molecule has 21 heavy (non-hydrogen) atoms. The highest BCUT2D eigenvalue weighted by Crippen LogP contribution is 2.32. The predicted octanol–water partition coefficient (Wildman–Crippen LogP) is 1.83. The van der Waals surface area contributed by atoms with E-state index in [0.29, 0.717) is 29.8 Å². The average molecular weight is 291 g/mol. The number of benzene rings is 1. The van der Waals surface area contributed by atoms with Crippen LogP contribution in [0.5, 0.6) is 0 Å². The summed E-state index contributed by atoms with van der Waals surface area (Å²) in [5.74, 6) is 0.207. The fourth-order valence-corrected chi connectivity index (χ4v) is 3.03. The molecule has 0 aliphatic carbocycles. The summed E-state index contributed by atoms with van der Waals surface area (Å²) >= 11 is 0. The van der Waals surface area contributed by atoms with Gasteiger partial charge in [0.25, 0.3) is 0 Å². The zero-order valence-corrected chi connectivity index (χ0v) is 13.3. The Morgan fingerprint density at radius 2 is 2.14 bits per heavy atom. The van der Waals surface area contributed by atoms with E-state index in [9.17, 15) is 4.79 Å². The van der Waals surface area contributed by atoms with Crippen molar-refractivity contribution in [3.63, 3.8) is 0 Å². The molecule has 1 aromatic carbocycles. The number of hydrogen-bond acceptors (Lipinski definition) is 5. The number of nitrogens with zero attached hydrogens (tertiary/aromatic N) is 2. The van der Waals surface area contributed by atoms with Crippen molar-refractivity contribution in [3.05, 3.63) is 23.8 Å². The van der Waals surface area contributed by atoms with Crippen LogP contribution in [0.25, 0.3) is 0 Å². The van der Waals surface area contributed by atoms with E-state index in [4.69, 9.17) is 10.5 Å². The van der Waals surface area contributed by atoms with Gasteiger partial charge in [-0.3, -0.25) is 0 Å². The van der Waals surface area contributed by atoms with Gasteiger partial charge in [-0.2, -0.15) is 0 Å². The zero-order valence-electron chi connectivity index (χ0n) is 13.3. The van der Waals surface area contributed by atoms with Crippen molar-refractivity contribution >= 4 is 17.3 Å². The Balaban J connectivity index is 2.26. The number of carbonyl (C=O) groups excluding carboxylic acids is 1. The normalized spacial score (nSPS) is 21.9. The number of likely N-dealkylation sites (N-methyl/N-ethyl adjacent to an activating group) is 1. The minimum atomic E-state index is -0.353. The number of hydrogen-bond donors (Lipinski definition) is 1. The summed E-state index contributed by atoms with van der Waals surface area (Å²) in [5, 5.41) is 0. The highest BCUT2D eigenvalue weighted by Gasteiger charge is 2.32. The van der Waals surface area contributed by atoms with Crippen molar-refractivity contribution in [2.24, 2.45) is 5.92 Å². The summed E-state index contributed by atoms with van der Waals surface area (Å²) in [6.45, 7) is 6.26. The first-order valence-electron chi connectivity index (χ1n) is 7.42. The molecule has 1 aliphatic rings. The van der Waals surface area contributed by atoms with E-state index in [2.05, 4.69) is 30.8 Å². The molecule has 116 valence electrons. The van der Waals surface area contributed by atoms with Gasteiger partial charge in [-0.05, 0) is 39.1 Å². The van der Waals surface area contributed by atoms with E-state index in [-0.39, 0.29) is 5.97 Å². The fourth-order valence-electron chi connectivity index (χ4n) is 3.03. The van der Waals surface area contributed by atoms with E-state index in [1.54, 1.807) is 13.0 Å². The number of nitrogens with two attached hydrogens (primary N) is 1. The van der Waals surface area contributed by atoms with Crippen LogP contribution in [-0.2, 0) is 4.74 Å². The van der Waals surface area contributed by atoms with Gasteiger partial charge in [-0.15, -0.1) is 0 Å². The first-order valence-corrected chi connectivity index (χ1v) is 7.42. The third-order valence-corrected chi connectivity index (χ3v) is 4.16.